The van der Waals surface area contributed by atoms with Crippen LogP contribution in [0.25, 0.3) is 5.57 Å². The summed E-state index contributed by atoms with van der Waals surface area (Å²) in [5, 5.41) is 0. The number of hydrogen-bond donors (Lipinski definition) is 0. The highest BCUT2D eigenvalue weighted by atomic mass is 19.1. The van der Waals surface area contributed by atoms with E-state index < -0.39 is 0 Å². The lowest BCUT2D eigenvalue weighted by Crippen LogP contribution is -2.43. The molecule has 0 radical (unpaired) electrons. The Hall–Kier alpha value is -2.99. The van der Waals surface area contributed by atoms with Crippen LogP contribution in [0.15, 0.2) is 54.2 Å². The van der Waals surface area contributed by atoms with Crippen molar-refractivity contribution in [3.8, 4) is 0 Å². The summed E-state index contributed by atoms with van der Waals surface area (Å²) in [6.45, 7) is 6.08. The minimum atomic E-state index is -0.377. The van der Waals surface area contributed by atoms with Gasteiger partial charge in [-0.1, -0.05) is 38.1 Å². The number of benzene rings is 2. The number of rotatable bonds is 5. The molecule has 32 heavy (non-hydrogen) atoms. The average Bonchev–Trinajstić information content (AvgIpc) is 3.04. The summed E-state index contributed by atoms with van der Waals surface area (Å²) in [5.74, 6) is -0.715. The number of likely N-dealkylation sites (N-methyl/N-ethyl adjacent to an activating group) is 1. The Labute approximate surface area is 189 Å². The maximum Gasteiger partial charge on any atom is 0.282 e. The Bertz CT molecular complexity index is 1040. The fraction of sp³-hybridized carbons (Fsp3) is 0.385. The Morgan fingerprint density at radius 1 is 0.938 bits per heavy atom. The number of likely N-dealkylation sites (tertiary alicyclic amines) is 1. The van der Waals surface area contributed by atoms with Crippen molar-refractivity contribution in [1.82, 2.24) is 9.80 Å². The second-order valence-corrected chi connectivity index (χ2v) is 9.07. The number of piperidine rings is 1. The smallest absolute Gasteiger partial charge is 0.282 e. The van der Waals surface area contributed by atoms with Crippen LogP contribution in [0, 0.1) is 5.82 Å². The monoisotopic (exact) mass is 435 g/mol. The molecule has 2 aliphatic heterocycles. The van der Waals surface area contributed by atoms with E-state index in [9.17, 15) is 14.0 Å². The number of carbonyl (C=O) groups excluding carboxylic acids is 2. The van der Waals surface area contributed by atoms with Gasteiger partial charge in [-0.15, -0.1) is 0 Å². The van der Waals surface area contributed by atoms with Crippen LogP contribution in [0.5, 0.6) is 0 Å². The molecule has 2 aromatic carbocycles. The molecule has 0 unspecified atom stereocenters. The molecule has 0 N–H and O–H groups in total. The SMILES string of the molecule is CC(C)c1ccc(N2C(=O)C(c3ccc(F)cc3)=C(N(C)C3CCN(C)CC3)C2=O)cc1. The Morgan fingerprint density at radius 2 is 1.53 bits per heavy atom. The van der Waals surface area contributed by atoms with Crippen molar-refractivity contribution >= 4 is 23.1 Å². The number of carbonyl (C=O) groups is 2. The summed E-state index contributed by atoms with van der Waals surface area (Å²) in [7, 11) is 3.98. The van der Waals surface area contributed by atoms with Crippen LogP contribution in [-0.4, -0.2) is 54.8 Å². The predicted octanol–water partition coefficient (Wildman–Crippen LogP) is 4.26. The molecular formula is C26H30FN3O2. The lowest BCUT2D eigenvalue weighted by Gasteiger charge is -2.36. The van der Waals surface area contributed by atoms with Gasteiger partial charge in [0.15, 0.2) is 0 Å². The Kier molecular flexibility index (Phi) is 6.15. The number of anilines is 1. The zero-order valence-corrected chi connectivity index (χ0v) is 19.1. The number of hydrogen-bond acceptors (Lipinski definition) is 4. The third-order valence-electron chi connectivity index (χ3n) is 6.60. The first-order valence-electron chi connectivity index (χ1n) is 11.2. The summed E-state index contributed by atoms with van der Waals surface area (Å²) in [4.78, 5) is 32.7. The summed E-state index contributed by atoms with van der Waals surface area (Å²) >= 11 is 0. The van der Waals surface area contributed by atoms with E-state index in [4.69, 9.17) is 0 Å². The van der Waals surface area contributed by atoms with E-state index in [1.165, 1.54) is 17.0 Å². The lowest BCUT2D eigenvalue weighted by atomic mass is 10.00. The van der Waals surface area contributed by atoms with Crippen molar-refractivity contribution in [1.29, 1.82) is 0 Å². The average molecular weight is 436 g/mol. The molecule has 2 aromatic rings. The minimum absolute atomic E-state index is 0.164. The second-order valence-electron chi connectivity index (χ2n) is 9.07. The standard InChI is InChI=1S/C26H30FN3O2/c1-17(2)18-7-11-22(12-8-18)30-25(31)23(19-5-9-20(27)10-6-19)24(26(30)32)29(4)21-13-15-28(3)16-14-21/h5-12,17,21H,13-16H2,1-4H3. The molecule has 2 aliphatic rings. The van der Waals surface area contributed by atoms with Gasteiger partial charge in [-0.05, 0) is 74.3 Å². The van der Waals surface area contributed by atoms with Gasteiger partial charge in [-0.25, -0.2) is 9.29 Å². The molecular weight excluding hydrogens is 405 g/mol. The summed E-state index contributed by atoms with van der Waals surface area (Å²) in [5.41, 5.74) is 2.98. The number of imide groups is 1. The number of halogens is 1. The van der Waals surface area contributed by atoms with Crippen LogP contribution in [0.2, 0.25) is 0 Å². The second kappa shape index (κ2) is 8.87. The quantitative estimate of drug-likeness (QED) is 0.659. The molecule has 1 fully saturated rings. The van der Waals surface area contributed by atoms with Gasteiger partial charge in [0.05, 0.1) is 11.3 Å². The van der Waals surface area contributed by atoms with Crippen LogP contribution in [0.1, 0.15) is 43.7 Å². The fourth-order valence-electron chi connectivity index (χ4n) is 4.53. The van der Waals surface area contributed by atoms with Crippen molar-refractivity contribution < 1.29 is 14.0 Å². The maximum absolute atomic E-state index is 13.7. The third-order valence-corrected chi connectivity index (χ3v) is 6.60. The third kappa shape index (κ3) is 4.07. The van der Waals surface area contributed by atoms with Crippen molar-refractivity contribution in [2.24, 2.45) is 0 Å². The summed E-state index contributed by atoms with van der Waals surface area (Å²) in [6, 6.07) is 13.5. The first kappa shape index (κ1) is 22.2. The minimum Gasteiger partial charge on any atom is -0.366 e. The zero-order chi connectivity index (χ0) is 23.0. The molecule has 6 heteroatoms. The molecule has 2 amide bonds. The molecule has 0 saturated carbocycles. The highest BCUT2D eigenvalue weighted by Gasteiger charge is 2.43. The van der Waals surface area contributed by atoms with E-state index >= 15 is 0 Å². The van der Waals surface area contributed by atoms with Crippen LogP contribution in [0.4, 0.5) is 10.1 Å². The van der Waals surface area contributed by atoms with Gasteiger partial charge in [0, 0.05) is 13.1 Å². The van der Waals surface area contributed by atoms with E-state index in [-0.39, 0.29) is 23.7 Å². The van der Waals surface area contributed by atoms with Crippen molar-refractivity contribution in [2.45, 2.75) is 38.6 Å². The molecule has 4 rings (SSSR count). The summed E-state index contributed by atoms with van der Waals surface area (Å²) < 4.78 is 13.6. The van der Waals surface area contributed by atoms with Crippen LogP contribution >= 0.6 is 0 Å². The van der Waals surface area contributed by atoms with E-state index in [1.807, 2.05) is 36.2 Å². The van der Waals surface area contributed by atoms with E-state index in [1.54, 1.807) is 12.1 Å². The largest absolute Gasteiger partial charge is 0.366 e. The predicted molar refractivity (Wildman–Crippen MR) is 125 cm³/mol. The van der Waals surface area contributed by atoms with Crippen LogP contribution in [0.3, 0.4) is 0 Å². The van der Waals surface area contributed by atoms with Crippen LogP contribution in [-0.2, 0) is 9.59 Å². The van der Waals surface area contributed by atoms with Crippen molar-refractivity contribution in [3.63, 3.8) is 0 Å². The lowest BCUT2D eigenvalue weighted by molar-refractivity contribution is -0.120. The molecule has 0 bridgehead atoms. The van der Waals surface area contributed by atoms with E-state index in [0.29, 0.717) is 28.4 Å². The van der Waals surface area contributed by atoms with E-state index in [0.717, 1.165) is 31.5 Å². The highest BCUT2D eigenvalue weighted by Crippen LogP contribution is 2.36. The first-order valence-corrected chi connectivity index (χ1v) is 11.2. The maximum atomic E-state index is 13.7. The number of amides is 2. The molecule has 168 valence electrons. The molecule has 0 atom stereocenters. The van der Waals surface area contributed by atoms with Gasteiger partial charge in [0.2, 0.25) is 0 Å². The van der Waals surface area contributed by atoms with Gasteiger partial charge in [0.1, 0.15) is 11.5 Å². The van der Waals surface area contributed by atoms with Crippen molar-refractivity contribution in [2.75, 3.05) is 32.1 Å². The van der Waals surface area contributed by atoms with Gasteiger partial charge in [0.25, 0.3) is 11.8 Å². The fourth-order valence-corrected chi connectivity index (χ4v) is 4.53. The van der Waals surface area contributed by atoms with Gasteiger partial charge >= 0.3 is 0 Å². The molecule has 0 spiro atoms. The molecule has 0 aliphatic carbocycles. The normalized spacial score (nSPS) is 18.2. The number of nitrogens with zero attached hydrogens (tertiary/aromatic N) is 3. The molecule has 2 heterocycles. The van der Waals surface area contributed by atoms with E-state index in [2.05, 4.69) is 25.8 Å². The summed E-state index contributed by atoms with van der Waals surface area (Å²) in [6.07, 6.45) is 1.83. The first-order chi connectivity index (χ1) is 15.3. The highest BCUT2D eigenvalue weighted by molar-refractivity contribution is 6.45. The molecule has 0 aromatic heterocycles. The molecule has 5 nitrogen and oxygen atoms in total. The van der Waals surface area contributed by atoms with Gasteiger partial charge < -0.3 is 9.80 Å². The van der Waals surface area contributed by atoms with Crippen LogP contribution < -0.4 is 4.90 Å². The van der Waals surface area contributed by atoms with Crippen molar-refractivity contribution in [3.05, 3.63) is 71.2 Å². The molecule has 1 saturated heterocycles. The Balaban J connectivity index is 1.75. The van der Waals surface area contributed by atoms with Gasteiger partial charge in [-0.3, -0.25) is 9.59 Å². The Morgan fingerprint density at radius 3 is 2.09 bits per heavy atom. The van der Waals surface area contributed by atoms with Gasteiger partial charge in [-0.2, -0.15) is 0 Å². The zero-order valence-electron chi connectivity index (χ0n) is 19.1. The topological polar surface area (TPSA) is 43.9 Å².